The van der Waals surface area contributed by atoms with Crippen LogP contribution in [0, 0.1) is 23.7 Å². The Bertz CT molecular complexity index is 394. The first-order valence-corrected chi connectivity index (χ1v) is 6.85. The van der Waals surface area contributed by atoms with Gasteiger partial charge in [-0.2, -0.15) is 9.37 Å². The van der Waals surface area contributed by atoms with Gasteiger partial charge in [-0.1, -0.05) is 33.3 Å². The van der Waals surface area contributed by atoms with Crippen molar-refractivity contribution in [3.8, 4) is 5.88 Å². The number of rotatable bonds is 3. The van der Waals surface area contributed by atoms with E-state index >= 15 is 0 Å². The third-order valence-electron chi connectivity index (χ3n) is 3.92. The van der Waals surface area contributed by atoms with Crippen molar-refractivity contribution in [1.82, 2.24) is 4.98 Å². The zero-order valence-corrected chi connectivity index (χ0v) is 11.4. The summed E-state index contributed by atoms with van der Waals surface area (Å²) in [6.45, 7) is 6.72. The van der Waals surface area contributed by atoms with E-state index < -0.39 is 5.95 Å². The van der Waals surface area contributed by atoms with Gasteiger partial charge in [0, 0.05) is 6.07 Å². The molecule has 1 aromatic heterocycles. The van der Waals surface area contributed by atoms with Crippen molar-refractivity contribution in [3.63, 3.8) is 0 Å². The molecule has 2 rings (SSSR count). The molecule has 1 fully saturated rings. The van der Waals surface area contributed by atoms with Crippen LogP contribution in [0.4, 0.5) is 4.39 Å². The molecular formula is C15H22FNO. The number of aromatic nitrogens is 1. The molecular weight excluding hydrogens is 229 g/mol. The van der Waals surface area contributed by atoms with Gasteiger partial charge in [0.2, 0.25) is 11.8 Å². The highest BCUT2D eigenvalue weighted by Gasteiger charge is 2.32. The van der Waals surface area contributed by atoms with Crippen molar-refractivity contribution >= 4 is 0 Å². The summed E-state index contributed by atoms with van der Waals surface area (Å²) in [5, 5.41) is 0. The highest BCUT2D eigenvalue weighted by Crippen LogP contribution is 2.35. The first-order valence-electron chi connectivity index (χ1n) is 6.85. The number of ether oxygens (including phenoxy) is 1. The number of nitrogens with zero attached hydrogens (tertiary/aromatic N) is 1. The Morgan fingerprint density at radius 1 is 1.33 bits per heavy atom. The van der Waals surface area contributed by atoms with Gasteiger partial charge in [-0.05, 0) is 36.7 Å². The fourth-order valence-corrected chi connectivity index (χ4v) is 2.86. The normalized spacial score (nSPS) is 28.4. The van der Waals surface area contributed by atoms with Crippen molar-refractivity contribution in [2.75, 3.05) is 0 Å². The van der Waals surface area contributed by atoms with Gasteiger partial charge in [0.25, 0.3) is 0 Å². The lowest BCUT2D eigenvalue weighted by Crippen LogP contribution is -2.36. The molecule has 1 aliphatic carbocycles. The first-order chi connectivity index (χ1) is 8.56. The van der Waals surface area contributed by atoms with E-state index in [0.717, 1.165) is 6.42 Å². The molecule has 18 heavy (non-hydrogen) atoms. The van der Waals surface area contributed by atoms with E-state index in [9.17, 15) is 4.39 Å². The van der Waals surface area contributed by atoms with Crippen molar-refractivity contribution in [3.05, 3.63) is 24.1 Å². The van der Waals surface area contributed by atoms with Gasteiger partial charge in [0.15, 0.2) is 0 Å². The molecule has 0 aliphatic heterocycles. The fraction of sp³-hybridized carbons (Fsp3) is 0.667. The molecule has 100 valence electrons. The molecule has 0 bridgehead atoms. The van der Waals surface area contributed by atoms with E-state index in [1.54, 1.807) is 12.1 Å². The molecule has 0 saturated heterocycles. The smallest absolute Gasteiger partial charge is 0.216 e. The molecule has 1 heterocycles. The lowest BCUT2D eigenvalue weighted by molar-refractivity contribution is 0.0420. The second-order valence-electron chi connectivity index (χ2n) is 5.78. The van der Waals surface area contributed by atoms with Gasteiger partial charge in [-0.25, -0.2) is 0 Å². The Balaban J connectivity index is 2.08. The topological polar surface area (TPSA) is 22.1 Å². The first kappa shape index (κ1) is 13.3. The number of hydrogen-bond acceptors (Lipinski definition) is 2. The summed E-state index contributed by atoms with van der Waals surface area (Å²) in [6.07, 6.45) is 3.67. The summed E-state index contributed by atoms with van der Waals surface area (Å²) >= 11 is 0. The maximum atomic E-state index is 13.1. The molecule has 0 aromatic carbocycles. The van der Waals surface area contributed by atoms with Crippen LogP contribution in [0.1, 0.15) is 40.0 Å². The number of halogens is 1. The average Bonchev–Trinajstić information content (AvgIpc) is 2.28. The van der Waals surface area contributed by atoms with Crippen molar-refractivity contribution in [2.24, 2.45) is 17.8 Å². The standard InChI is InChI=1S/C15H22FNO/c1-10(2)12-8-7-11(3)9-13(12)18-15-6-4-5-14(16)17-15/h4-6,10-13H,7-9H2,1-3H3. The Labute approximate surface area is 109 Å². The van der Waals surface area contributed by atoms with Crippen LogP contribution < -0.4 is 4.74 Å². The lowest BCUT2D eigenvalue weighted by Gasteiger charge is -2.36. The summed E-state index contributed by atoms with van der Waals surface area (Å²) in [6, 6.07) is 4.73. The zero-order chi connectivity index (χ0) is 13.1. The molecule has 3 unspecified atom stereocenters. The summed E-state index contributed by atoms with van der Waals surface area (Å²) < 4.78 is 19.0. The van der Waals surface area contributed by atoms with Gasteiger partial charge in [0.1, 0.15) is 6.10 Å². The molecule has 2 nitrogen and oxygen atoms in total. The summed E-state index contributed by atoms with van der Waals surface area (Å²) in [5.74, 6) is 1.76. The van der Waals surface area contributed by atoms with E-state index in [2.05, 4.69) is 25.8 Å². The average molecular weight is 251 g/mol. The molecule has 1 aliphatic rings. The highest BCUT2D eigenvalue weighted by molar-refractivity contribution is 5.11. The van der Waals surface area contributed by atoms with Crippen molar-refractivity contribution in [1.29, 1.82) is 0 Å². The summed E-state index contributed by atoms with van der Waals surface area (Å²) in [7, 11) is 0. The SMILES string of the molecule is CC1CCC(C(C)C)C(Oc2cccc(F)n2)C1. The van der Waals surface area contributed by atoms with Gasteiger partial charge in [-0.15, -0.1) is 0 Å². The molecule has 1 saturated carbocycles. The number of hydrogen-bond donors (Lipinski definition) is 0. The zero-order valence-electron chi connectivity index (χ0n) is 11.4. The molecule has 3 heteroatoms. The molecule has 0 radical (unpaired) electrons. The maximum Gasteiger partial charge on any atom is 0.216 e. The molecule has 0 spiro atoms. The highest BCUT2D eigenvalue weighted by atomic mass is 19.1. The van der Waals surface area contributed by atoms with Crippen molar-refractivity contribution in [2.45, 2.75) is 46.1 Å². The predicted molar refractivity (Wildman–Crippen MR) is 70.0 cm³/mol. The quantitative estimate of drug-likeness (QED) is 0.756. The van der Waals surface area contributed by atoms with E-state index in [1.807, 2.05) is 0 Å². The van der Waals surface area contributed by atoms with Crippen molar-refractivity contribution < 1.29 is 9.13 Å². The molecule has 0 N–H and O–H groups in total. The summed E-state index contributed by atoms with van der Waals surface area (Å²) in [4.78, 5) is 3.80. The Morgan fingerprint density at radius 2 is 2.11 bits per heavy atom. The second-order valence-corrected chi connectivity index (χ2v) is 5.78. The van der Waals surface area contributed by atoms with Gasteiger partial charge in [0.05, 0.1) is 0 Å². The predicted octanol–water partition coefficient (Wildman–Crippen LogP) is 4.06. The maximum absolute atomic E-state index is 13.1. The minimum Gasteiger partial charge on any atom is -0.474 e. The van der Waals surface area contributed by atoms with E-state index in [-0.39, 0.29) is 6.10 Å². The van der Waals surface area contributed by atoms with Crippen LogP contribution in [0.15, 0.2) is 18.2 Å². The largest absolute Gasteiger partial charge is 0.474 e. The second kappa shape index (κ2) is 5.68. The Hall–Kier alpha value is -1.12. The van der Waals surface area contributed by atoms with Crippen LogP contribution in [-0.2, 0) is 0 Å². The van der Waals surface area contributed by atoms with E-state index in [4.69, 9.17) is 4.74 Å². The van der Waals surface area contributed by atoms with Crippen LogP contribution >= 0.6 is 0 Å². The van der Waals surface area contributed by atoms with Crippen LogP contribution in [0.5, 0.6) is 5.88 Å². The van der Waals surface area contributed by atoms with Gasteiger partial charge < -0.3 is 4.74 Å². The van der Waals surface area contributed by atoms with Crippen LogP contribution in [0.25, 0.3) is 0 Å². The third-order valence-corrected chi connectivity index (χ3v) is 3.92. The fourth-order valence-electron chi connectivity index (χ4n) is 2.86. The molecule has 1 aromatic rings. The molecule has 0 amide bonds. The minimum absolute atomic E-state index is 0.169. The molecule has 3 atom stereocenters. The van der Waals surface area contributed by atoms with Crippen LogP contribution in [-0.4, -0.2) is 11.1 Å². The monoisotopic (exact) mass is 251 g/mol. The Morgan fingerprint density at radius 3 is 2.78 bits per heavy atom. The van der Waals surface area contributed by atoms with Crippen LogP contribution in [0.2, 0.25) is 0 Å². The van der Waals surface area contributed by atoms with Gasteiger partial charge in [-0.3, -0.25) is 0 Å². The third kappa shape index (κ3) is 3.21. The van der Waals surface area contributed by atoms with E-state index in [1.165, 1.54) is 18.9 Å². The van der Waals surface area contributed by atoms with E-state index in [0.29, 0.717) is 23.6 Å². The Kier molecular flexibility index (Phi) is 4.20. The summed E-state index contributed by atoms with van der Waals surface area (Å²) in [5.41, 5.74) is 0. The van der Waals surface area contributed by atoms with Gasteiger partial charge >= 0.3 is 0 Å². The lowest BCUT2D eigenvalue weighted by atomic mass is 9.75. The van der Waals surface area contributed by atoms with Crippen LogP contribution in [0.3, 0.4) is 0 Å². The minimum atomic E-state index is -0.475. The number of pyridine rings is 1.